The Hall–Kier alpha value is -3.83. The number of carbonyl (C=O) groups excluding carboxylic acids is 2. The second-order valence-corrected chi connectivity index (χ2v) is 10.9. The number of hydrogen-bond acceptors (Lipinski definition) is 5. The first kappa shape index (κ1) is 28.2. The van der Waals surface area contributed by atoms with E-state index < -0.39 is 29.4 Å². The van der Waals surface area contributed by atoms with Gasteiger partial charge >= 0.3 is 6.18 Å². The summed E-state index contributed by atoms with van der Waals surface area (Å²) in [6.07, 6.45) is -1.76. The van der Waals surface area contributed by atoms with E-state index in [9.17, 15) is 27.2 Å². The molecule has 0 aliphatic heterocycles. The number of amides is 2. The molecule has 1 heterocycles. The van der Waals surface area contributed by atoms with Gasteiger partial charge in [0.25, 0.3) is 17.8 Å². The smallest absolute Gasteiger partial charge is 0.331 e. The molecule has 4 rings (SSSR count). The summed E-state index contributed by atoms with van der Waals surface area (Å²) >= 11 is 0. The van der Waals surface area contributed by atoms with Gasteiger partial charge in [-0.25, -0.2) is 4.39 Å². The first-order chi connectivity index (χ1) is 18.3. The molecule has 0 spiro atoms. The zero-order chi connectivity index (χ0) is 28.4. The van der Waals surface area contributed by atoms with Crippen LogP contribution in [-0.2, 0) is 12.7 Å². The lowest BCUT2D eigenvalue weighted by Gasteiger charge is -2.41. The van der Waals surface area contributed by atoms with Crippen molar-refractivity contribution in [1.82, 2.24) is 25.5 Å². The van der Waals surface area contributed by atoms with Crippen molar-refractivity contribution >= 4 is 17.8 Å². The molecule has 3 aromatic rings. The fourth-order valence-corrected chi connectivity index (χ4v) is 5.01. The van der Waals surface area contributed by atoms with Crippen molar-refractivity contribution < 1.29 is 27.2 Å². The topological polar surface area (TPSA) is 104 Å². The Kier molecular flexibility index (Phi) is 8.03. The fraction of sp³-hybridized carbons (Fsp3) is 0.444. The molecule has 0 unspecified atom stereocenters. The average molecular weight is 547 g/mol. The molecule has 2 aromatic carbocycles. The van der Waals surface area contributed by atoms with Crippen LogP contribution >= 0.6 is 0 Å². The maximum Gasteiger partial charge on any atom is 0.419 e. The van der Waals surface area contributed by atoms with Crippen LogP contribution in [0.3, 0.4) is 0 Å². The van der Waals surface area contributed by atoms with Gasteiger partial charge in [-0.05, 0) is 78.1 Å². The first-order valence-electron chi connectivity index (χ1n) is 12.6. The van der Waals surface area contributed by atoms with Crippen LogP contribution in [0, 0.1) is 17.2 Å². The minimum absolute atomic E-state index is 0.0178. The fourth-order valence-electron chi connectivity index (χ4n) is 5.01. The van der Waals surface area contributed by atoms with E-state index >= 15 is 0 Å². The molecule has 1 aliphatic rings. The van der Waals surface area contributed by atoms with Crippen molar-refractivity contribution in [3.8, 4) is 0 Å². The van der Waals surface area contributed by atoms with Crippen LogP contribution in [0.25, 0.3) is 0 Å². The molecule has 0 saturated heterocycles. The molecular formula is C27H30F4N6O2. The van der Waals surface area contributed by atoms with Crippen LogP contribution in [0.2, 0.25) is 0 Å². The molecule has 2 amide bonds. The third-order valence-electron chi connectivity index (χ3n) is 7.28. The lowest BCUT2D eigenvalue weighted by atomic mass is 9.71. The van der Waals surface area contributed by atoms with Crippen molar-refractivity contribution in [2.75, 3.05) is 5.32 Å². The van der Waals surface area contributed by atoms with Crippen molar-refractivity contribution in [3.05, 3.63) is 70.5 Å². The van der Waals surface area contributed by atoms with E-state index in [1.165, 1.54) is 0 Å². The number of aromatic amines is 1. The van der Waals surface area contributed by atoms with Gasteiger partial charge < -0.3 is 4.90 Å². The Bertz CT molecular complexity index is 1300. The van der Waals surface area contributed by atoms with Gasteiger partial charge in [-0.2, -0.15) is 18.4 Å². The van der Waals surface area contributed by atoms with Crippen LogP contribution in [0.1, 0.15) is 78.3 Å². The third kappa shape index (κ3) is 6.79. The van der Waals surface area contributed by atoms with E-state index in [4.69, 9.17) is 0 Å². The lowest BCUT2D eigenvalue weighted by molar-refractivity contribution is -0.140. The number of alkyl halides is 3. The molecule has 1 saturated carbocycles. The molecule has 2 N–H and O–H groups in total. The molecule has 1 aliphatic carbocycles. The van der Waals surface area contributed by atoms with E-state index in [1.54, 1.807) is 29.2 Å². The second-order valence-electron chi connectivity index (χ2n) is 10.9. The molecule has 1 fully saturated rings. The van der Waals surface area contributed by atoms with Gasteiger partial charge in [0.2, 0.25) is 0 Å². The Labute approximate surface area is 223 Å². The standard InChI is InChI=1S/C27H30F4N6O2/c1-26(2,3)19-9-11-20(12-10-19)37(24(39)18-8-13-22(28)21(14-18)27(29,30)31)15-16-4-6-17(7-5-16)23(38)32-25-33-35-36-34-25/h4-8,13-14,19-20H,9-12,15H2,1-3H3,(H2,32,33,34,35,36,38). The van der Waals surface area contributed by atoms with Gasteiger partial charge in [0.15, 0.2) is 0 Å². The second kappa shape index (κ2) is 11.1. The van der Waals surface area contributed by atoms with Gasteiger partial charge in [0, 0.05) is 23.7 Å². The minimum Gasteiger partial charge on any atom is -0.331 e. The highest BCUT2D eigenvalue weighted by molar-refractivity contribution is 6.03. The summed E-state index contributed by atoms with van der Waals surface area (Å²) in [4.78, 5) is 27.6. The number of tetrazole rings is 1. The number of nitrogens with one attached hydrogen (secondary N) is 2. The highest BCUT2D eigenvalue weighted by Gasteiger charge is 2.37. The monoisotopic (exact) mass is 546 g/mol. The summed E-state index contributed by atoms with van der Waals surface area (Å²) in [7, 11) is 0. The van der Waals surface area contributed by atoms with Gasteiger partial charge in [0.1, 0.15) is 5.82 Å². The molecule has 12 heteroatoms. The highest BCUT2D eigenvalue weighted by Crippen LogP contribution is 2.40. The summed E-state index contributed by atoms with van der Waals surface area (Å²) in [6.45, 7) is 6.65. The largest absolute Gasteiger partial charge is 0.419 e. The number of halogens is 4. The first-order valence-corrected chi connectivity index (χ1v) is 12.6. The van der Waals surface area contributed by atoms with Gasteiger partial charge in [-0.15, -0.1) is 5.10 Å². The number of anilines is 1. The molecule has 0 atom stereocenters. The van der Waals surface area contributed by atoms with E-state index in [0.29, 0.717) is 42.0 Å². The summed E-state index contributed by atoms with van der Waals surface area (Å²) in [6, 6.07) is 8.66. The van der Waals surface area contributed by atoms with Crippen LogP contribution < -0.4 is 5.32 Å². The molecule has 208 valence electrons. The van der Waals surface area contributed by atoms with Crippen molar-refractivity contribution in [3.63, 3.8) is 0 Å². The van der Waals surface area contributed by atoms with Crippen LogP contribution in [-0.4, -0.2) is 43.4 Å². The van der Waals surface area contributed by atoms with Crippen LogP contribution in [0.4, 0.5) is 23.5 Å². The Morgan fingerprint density at radius 3 is 2.21 bits per heavy atom. The highest BCUT2D eigenvalue weighted by atomic mass is 19.4. The van der Waals surface area contributed by atoms with Crippen molar-refractivity contribution in [2.45, 2.75) is 65.2 Å². The van der Waals surface area contributed by atoms with Crippen LogP contribution in [0.15, 0.2) is 42.5 Å². The maximum atomic E-state index is 13.9. The maximum absolute atomic E-state index is 13.9. The third-order valence-corrected chi connectivity index (χ3v) is 7.28. The summed E-state index contributed by atoms with van der Waals surface area (Å²) in [5, 5.41) is 15.4. The minimum atomic E-state index is -4.92. The van der Waals surface area contributed by atoms with Crippen molar-refractivity contribution in [1.29, 1.82) is 0 Å². The normalized spacial score (nSPS) is 18.0. The quantitative estimate of drug-likeness (QED) is 0.377. The average Bonchev–Trinajstić information content (AvgIpc) is 3.39. The number of aromatic nitrogens is 4. The van der Waals surface area contributed by atoms with Gasteiger partial charge in [0.05, 0.1) is 5.56 Å². The predicted molar refractivity (Wildman–Crippen MR) is 135 cm³/mol. The van der Waals surface area contributed by atoms with Gasteiger partial charge in [-0.3, -0.25) is 14.9 Å². The Morgan fingerprint density at radius 2 is 1.64 bits per heavy atom. The summed E-state index contributed by atoms with van der Waals surface area (Å²) in [5.74, 6) is -2.00. The lowest BCUT2D eigenvalue weighted by Crippen LogP contribution is -2.43. The zero-order valence-electron chi connectivity index (χ0n) is 21.8. The van der Waals surface area contributed by atoms with E-state index in [1.807, 2.05) is 0 Å². The summed E-state index contributed by atoms with van der Waals surface area (Å²) in [5.41, 5.74) is -0.577. The molecule has 0 radical (unpaired) electrons. The number of rotatable bonds is 6. The number of benzene rings is 2. The predicted octanol–water partition coefficient (Wildman–Crippen LogP) is 5.86. The number of carbonyl (C=O) groups is 2. The van der Waals surface area contributed by atoms with E-state index in [-0.39, 0.29) is 29.5 Å². The molecule has 0 bridgehead atoms. The molecule has 1 aromatic heterocycles. The molecule has 8 nitrogen and oxygen atoms in total. The number of H-pyrrole nitrogens is 1. The van der Waals surface area contributed by atoms with E-state index in [2.05, 4.69) is 46.7 Å². The molecular weight excluding hydrogens is 516 g/mol. The van der Waals surface area contributed by atoms with E-state index in [0.717, 1.165) is 18.9 Å². The zero-order valence-corrected chi connectivity index (χ0v) is 21.8. The SMILES string of the molecule is CC(C)(C)C1CCC(N(Cc2ccc(C(=O)Nc3nn[nH]n3)cc2)C(=O)c2ccc(F)c(C(F)(F)F)c2)CC1. The summed E-state index contributed by atoms with van der Waals surface area (Å²) < 4.78 is 54.0. The Morgan fingerprint density at radius 1 is 1.00 bits per heavy atom. The van der Waals surface area contributed by atoms with Crippen molar-refractivity contribution in [2.24, 2.45) is 11.3 Å². The van der Waals surface area contributed by atoms with Gasteiger partial charge in [-0.1, -0.05) is 38.0 Å². The van der Waals surface area contributed by atoms with Crippen LogP contribution in [0.5, 0.6) is 0 Å². The number of hydrogen-bond donors (Lipinski definition) is 2. The number of nitrogens with zero attached hydrogens (tertiary/aromatic N) is 4. The Balaban J connectivity index is 1.57. The molecule has 39 heavy (non-hydrogen) atoms.